The highest BCUT2D eigenvalue weighted by atomic mass is 19.1. The van der Waals surface area contributed by atoms with E-state index in [0.717, 1.165) is 55.1 Å². The molecule has 2 aromatic carbocycles. The highest BCUT2D eigenvalue weighted by molar-refractivity contribution is 5.97. The van der Waals surface area contributed by atoms with E-state index in [1.165, 1.54) is 12.1 Å². The van der Waals surface area contributed by atoms with Gasteiger partial charge in [-0.25, -0.2) is 9.18 Å². The van der Waals surface area contributed by atoms with Gasteiger partial charge in [0.15, 0.2) is 0 Å². The van der Waals surface area contributed by atoms with E-state index in [1.54, 1.807) is 12.1 Å². The molecule has 0 aliphatic carbocycles. The fourth-order valence-corrected chi connectivity index (χ4v) is 3.82. The van der Waals surface area contributed by atoms with E-state index in [1.807, 2.05) is 26.0 Å². The Labute approximate surface area is 195 Å². The van der Waals surface area contributed by atoms with E-state index in [2.05, 4.69) is 38.9 Å². The number of hydrogen-bond acceptors (Lipinski definition) is 4. The molecule has 2 aromatic rings. The van der Waals surface area contributed by atoms with Gasteiger partial charge in [-0.1, -0.05) is 25.5 Å². The first kappa shape index (κ1) is 24.5. The Kier molecular flexibility index (Phi) is 8.65. The van der Waals surface area contributed by atoms with Crippen LogP contribution >= 0.6 is 0 Å². The van der Waals surface area contributed by atoms with Gasteiger partial charge in [-0.3, -0.25) is 4.79 Å². The van der Waals surface area contributed by atoms with Crippen molar-refractivity contribution in [3.05, 3.63) is 59.4 Å². The quantitative estimate of drug-likeness (QED) is 0.570. The van der Waals surface area contributed by atoms with E-state index < -0.39 is 12.1 Å². The van der Waals surface area contributed by atoms with Gasteiger partial charge in [0.25, 0.3) is 0 Å². The van der Waals surface area contributed by atoms with Gasteiger partial charge in [-0.2, -0.15) is 0 Å². The van der Waals surface area contributed by atoms with Gasteiger partial charge >= 0.3 is 6.03 Å². The second-order valence-electron chi connectivity index (χ2n) is 8.57. The first-order valence-corrected chi connectivity index (χ1v) is 11.5. The second kappa shape index (κ2) is 11.7. The first-order chi connectivity index (χ1) is 15.9. The lowest BCUT2D eigenvalue weighted by atomic mass is 10.1. The molecule has 7 nitrogen and oxygen atoms in total. The second-order valence-corrected chi connectivity index (χ2v) is 8.57. The summed E-state index contributed by atoms with van der Waals surface area (Å²) in [5.74, 6) is -0.570. The summed E-state index contributed by atoms with van der Waals surface area (Å²) in [5, 5.41) is 8.45. The van der Waals surface area contributed by atoms with Gasteiger partial charge in [0, 0.05) is 44.1 Å². The molecule has 1 saturated heterocycles. The normalized spacial score (nSPS) is 15.1. The molecule has 0 aromatic heterocycles. The fourth-order valence-electron chi connectivity index (χ4n) is 3.82. The van der Waals surface area contributed by atoms with Gasteiger partial charge < -0.3 is 25.8 Å². The monoisotopic (exact) mass is 455 g/mol. The predicted octanol–water partition coefficient (Wildman–Crippen LogP) is 3.49. The third kappa shape index (κ3) is 7.18. The van der Waals surface area contributed by atoms with Crippen LogP contribution in [0.3, 0.4) is 0 Å². The van der Waals surface area contributed by atoms with Gasteiger partial charge in [0.2, 0.25) is 5.91 Å². The number of carbonyl (C=O) groups is 2. The van der Waals surface area contributed by atoms with Gasteiger partial charge in [0.1, 0.15) is 11.9 Å². The minimum atomic E-state index is -0.653. The molecule has 33 heavy (non-hydrogen) atoms. The van der Waals surface area contributed by atoms with E-state index in [9.17, 15) is 14.0 Å². The molecule has 0 bridgehead atoms. The van der Waals surface area contributed by atoms with Crippen molar-refractivity contribution in [2.45, 2.75) is 39.3 Å². The maximum atomic E-state index is 13.0. The molecule has 1 unspecified atom stereocenters. The number of carbonyl (C=O) groups excluding carboxylic acids is 2. The van der Waals surface area contributed by atoms with Crippen LogP contribution in [0.25, 0.3) is 0 Å². The summed E-state index contributed by atoms with van der Waals surface area (Å²) in [5.41, 5.74) is 3.66. The summed E-state index contributed by atoms with van der Waals surface area (Å²) in [4.78, 5) is 29.9. The maximum Gasteiger partial charge on any atom is 0.315 e. The van der Waals surface area contributed by atoms with E-state index >= 15 is 0 Å². The number of amides is 3. The standard InChI is InChI=1S/C25H34FN5O2/c1-4-5-23(29-25(33)27-17-19-6-8-20(26)9-7-19)24(32)28-22-11-10-21(16-18(22)2)31-14-12-30(3)13-15-31/h6-11,16,23H,4-5,12-15,17H2,1-3H3,(H,28,32)(H2,27,29,33). The summed E-state index contributed by atoms with van der Waals surface area (Å²) < 4.78 is 13.0. The number of halogens is 1. The van der Waals surface area contributed by atoms with E-state index in [0.29, 0.717) is 6.42 Å². The molecule has 1 fully saturated rings. The number of benzene rings is 2. The Morgan fingerprint density at radius 2 is 1.76 bits per heavy atom. The van der Waals surface area contributed by atoms with Crippen LogP contribution in [0.5, 0.6) is 0 Å². The zero-order chi connectivity index (χ0) is 23.8. The van der Waals surface area contributed by atoms with Crippen LogP contribution in [0.15, 0.2) is 42.5 Å². The highest BCUT2D eigenvalue weighted by Gasteiger charge is 2.21. The number of hydrogen-bond donors (Lipinski definition) is 3. The zero-order valence-corrected chi connectivity index (χ0v) is 19.7. The summed E-state index contributed by atoms with van der Waals surface area (Å²) in [6, 6.07) is 10.9. The third-order valence-electron chi connectivity index (χ3n) is 5.90. The van der Waals surface area contributed by atoms with Crippen LogP contribution in [0.1, 0.15) is 30.9 Å². The van der Waals surface area contributed by atoms with Crippen LogP contribution in [0.4, 0.5) is 20.6 Å². The van der Waals surface area contributed by atoms with Crippen molar-refractivity contribution in [1.29, 1.82) is 0 Å². The molecule has 0 radical (unpaired) electrons. The summed E-state index contributed by atoms with van der Waals surface area (Å²) in [6.07, 6.45) is 1.27. The topological polar surface area (TPSA) is 76.7 Å². The molecule has 1 atom stereocenters. The van der Waals surface area contributed by atoms with Gasteiger partial charge in [-0.15, -0.1) is 0 Å². The van der Waals surface area contributed by atoms with Gasteiger partial charge in [-0.05, 0) is 61.9 Å². The number of piperazine rings is 1. The number of anilines is 2. The Bertz CT molecular complexity index is 942. The molecule has 1 aliphatic rings. The lowest BCUT2D eigenvalue weighted by Crippen LogP contribution is -2.47. The first-order valence-electron chi connectivity index (χ1n) is 11.5. The minimum Gasteiger partial charge on any atom is -0.369 e. The number of rotatable bonds is 8. The summed E-state index contributed by atoms with van der Waals surface area (Å²) in [6.45, 7) is 8.23. The SMILES string of the molecule is CCCC(NC(=O)NCc1ccc(F)cc1)C(=O)Nc1ccc(N2CCN(C)CC2)cc1C. The number of nitrogens with one attached hydrogen (secondary N) is 3. The number of aryl methyl sites for hydroxylation is 1. The van der Waals surface area contributed by atoms with E-state index in [4.69, 9.17) is 0 Å². The van der Waals surface area contributed by atoms with Crippen molar-refractivity contribution in [3.8, 4) is 0 Å². The average Bonchev–Trinajstić information content (AvgIpc) is 2.80. The van der Waals surface area contributed by atoms with Crippen molar-refractivity contribution >= 4 is 23.3 Å². The molecule has 3 rings (SSSR count). The molecular weight excluding hydrogens is 421 g/mol. The molecule has 8 heteroatoms. The fraction of sp³-hybridized carbons (Fsp3) is 0.440. The summed E-state index contributed by atoms with van der Waals surface area (Å²) in [7, 11) is 2.13. The largest absolute Gasteiger partial charge is 0.369 e. The van der Waals surface area contributed by atoms with Crippen LogP contribution in [-0.2, 0) is 11.3 Å². The maximum absolute atomic E-state index is 13.0. The minimum absolute atomic E-state index is 0.246. The van der Waals surface area contributed by atoms with Crippen molar-refractivity contribution < 1.29 is 14.0 Å². The average molecular weight is 456 g/mol. The third-order valence-corrected chi connectivity index (χ3v) is 5.90. The van der Waals surface area contributed by atoms with Gasteiger partial charge in [0.05, 0.1) is 0 Å². The smallest absolute Gasteiger partial charge is 0.315 e. The van der Waals surface area contributed by atoms with Crippen molar-refractivity contribution in [1.82, 2.24) is 15.5 Å². The summed E-state index contributed by atoms with van der Waals surface area (Å²) >= 11 is 0. The molecule has 1 aliphatic heterocycles. The van der Waals surface area contributed by atoms with Crippen LogP contribution in [-0.4, -0.2) is 56.1 Å². The van der Waals surface area contributed by atoms with E-state index in [-0.39, 0.29) is 18.3 Å². The number of urea groups is 1. The highest BCUT2D eigenvalue weighted by Crippen LogP contribution is 2.24. The van der Waals surface area contributed by atoms with Crippen molar-refractivity contribution in [3.63, 3.8) is 0 Å². The predicted molar refractivity (Wildman–Crippen MR) is 130 cm³/mol. The van der Waals surface area contributed by atoms with Crippen LogP contribution in [0.2, 0.25) is 0 Å². The van der Waals surface area contributed by atoms with Crippen LogP contribution < -0.4 is 20.9 Å². The molecule has 178 valence electrons. The Balaban J connectivity index is 1.56. The molecule has 3 N–H and O–H groups in total. The van der Waals surface area contributed by atoms with Crippen molar-refractivity contribution in [2.75, 3.05) is 43.4 Å². The Hall–Kier alpha value is -3.13. The molecule has 1 heterocycles. The van der Waals surface area contributed by atoms with Crippen molar-refractivity contribution in [2.24, 2.45) is 0 Å². The van der Waals surface area contributed by atoms with Crippen LogP contribution in [0, 0.1) is 12.7 Å². The number of nitrogens with zero attached hydrogens (tertiary/aromatic N) is 2. The lowest BCUT2D eigenvalue weighted by Gasteiger charge is -2.34. The molecular formula is C25H34FN5O2. The number of likely N-dealkylation sites (N-methyl/N-ethyl adjacent to an activating group) is 1. The Morgan fingerprint density at radius 1 is 1.06 bits per heavy atom. The lowest BCUT2D eigenvalue weighted by molar-refractivity contribution is -0.118. The molecule has 0 saturated carbocycles. The Morgan fingerprint density at radius 3 is 2.39 bits per heavy atom. The zero-order valence-electron chi connectivity index (χ0n) is 19.7. The molecule has 0 spiro atoms. The molecule has 3 amide bonds.